The van der Waals surface area contributed by atoms with E-state index in [0.717, 1.165) is 48.6 Å². The smallest absolute Gasteiger partial charge is 0.224 e. The third-order valence-electron chi connectivity index (χ3n) is 4.71. The second kappa shape index (κ2) is 8.68. The van der Waals surface area contributed by atoms with Gasteiger partial charge in [0.2, 0.25) is 5.91 Å². The average Bonchev–Trinajstić information content (AvgIpc) is 2.98. The Hall–Kier alpha value is -1.86. The van der Waals surface area contributed by atoms with Crippen molar-refractivity contribution in [3.63, 3.8) is 0 Å². The molecule has 1 aromatic heterocycles. The summed E-state index contributed by atoms with van der Waals surface area (Å²) in [5.41, 5.74) is 2.19. The minimum atomic E-state index is 0.204. The first kappa shape index (κ1) is 18.9. The first-order valence-corrected chi connectivity index (χ1v) is 9.67. The van der Waals surface area contributed by atoms with E-state index in [-0.39, 0.29) is 5.91 Å². The van der Waals surface area contributed by atoms with Crippen LogP contribution < -0.4 is 4.74 Å². The van der Waals surface area contributed by atoms with Gasteiger partial charge in [-0.1, -0.05) is 12.1 Å². The van der Waals surface area contributed by atoms with Crippen LogP contribution in [0.25, 0.3) is 0 Å². The summed E-state index contributed by atoms with van der Waals surface area (Å²) >= 11 is 3.45. The second-order valence-electron chi connectivity index (χ2n) is 6.58. The standard InChI is InChI=1S/C19H25BrN4O2/c1-15-18(20)14-24(21-15)7-6-19(25)23-10-8-22(9-11-23)13-16-4-3-5-17(12-16)26-2/h3-5,12,14H,6-11,13H2,1-2H3. The van der Waals surface area contributed by atoms with E-state index in [1.807, 2.05) is 34.8 Å². The van der Waals surface area contributed by atoms with E-state index < -0.39 is 0 Å². The van der Waals surface area contributed by atoms with E-state index in [4.69, 9.17) is 4.74 Å². The SMILES string of the molecule is COc1cccc(CN2CCN(C(=O)CCn3cc(Br)c(C)n3)CC2)c1. The molecule has 0 atom stereocenters. The number of hydrogen-bond donors (Lipinski definition) is 0. The number of nitrogens with zero attached hydrogens (tertiary/aromatic N) is 4. The van der Waals surface area contributed by atoms with E-state index in [9.17, 15) is 4.79 Å². The molecule has 0 radical (unpaired) electrons. The van der Waals surface area contributed by atoms with Crippen LogP contribution >= 0.6 is 15.9 Å². The highest BCUT2D eigenvalue weighted by Gasteiger charge is 2.21. The summed E-state index contributed by atoms with van der Waals surface area (Å²) in [6.07, 6.45) is 2.41. The van der Waals surface area contributed by atoms with Crippen molar-refractivity contribution in [2.24, 2.45) is 0 Å². The van der Waals surface area contributed by atoms with Gasteiger partial charge in [-0.2, -0.15) is 5.10 Å². The number of amides is 1. The first-order valence-electron chi connectivity index (χ1n) is 8.88. The lowest BCUT2D eigenvalue weighted by atomic mass is 10.2. The molecular formula is C19H25BrN4O2. The molecule has 7 heteroatoms. The molecule has 2 heterocycles. The number of benzene rings is 1. The summed E-state index contributed by atoms with van der Waals surface area (Å²) in [5, 5.41) is 4.38. The maximum Gasteiger partial charge on any atom is 0.224 e. The number of piperazine rings is 1. The molecule has 0 aliphatic carbocycles. The Bertz CT molecular complexity index is 734. The number of methoxy groups -OCH3 is 1. The van der Waals surface area contributed by atoms with Gasteiger partial charge in [0.05, 0.1) is 17.3 Å². The number of aromatic nitrogens is 2. The van der Waals surface area contributed by atoms with Crippen LogP contribution in [0.4, 0.5) is 0 Å². The van der Waals surface area contributed by atoms with Gasteiger partial charge in [-0.25, -0.2) is 0 Å². The van der Waals surface area contributed by atoms with Crippen LogP contribution in [0, 0.1) is 6.92 Å². The molecule has 0 bridgehead atoms. The van der Waals surface area contributed by atoms with E-state index in [1.165, 1.54) is 5.56 Å². The summed E-state index contributed by atoms with van der Waals surface area (Å²) in [5.74, 6) is 1.09. The lowest BCUT2D eigenvalue weighted by Gasteiger charge is -2.34. The van der Waals surface area contributed by atoms with E-state index in [2.05, 4.69) is 38.1 Å². The predicted molar refractivity (Wildman–Crippen MR) is 104 cm³/mol. The number of halogens is 1. The molecular weight excluding hydrogens is 396 g/mol. The van der Waals surface area contributed by atoms with Crippen molar-refractivity contribution in [1.82, 2.24) is 19.6 Å². The molecule has 0 saturated carbocycles. The Kier molecular flexibility index (Phi) is 6.32. The molecule has 1 aliphatic heterocycles. The van der Waals surface area contributed by atoms with Crippen LogP contribution in [0.3, 0.4) is 0 Å². The van der Waals surface area contributed by atoms with Crippen molar-refractivity contribution in [3.05, 3.63) is 46.2 Å². The second-order valence-corrected chi connectivity index (χ2v) is 7.44. The normalized spacial score (nSPS) is 15.3. The highest BCUT2D eigenvalue weighted by atomic mass is 79.9. The highest BCUT2D eigenvalue weighted by Crippen LogP contribution is 2.16. The lowest BCUT2D eigenvalue weighted by Crippen LogP contribution is -2.48. The van der Waals surface area contributed by atoms with Crippen molar-refractivity contribution in [2.45, 2.75) is 26.4 Å². The molecule has 26 heavy (non-hydrogen) atoms. The van der Waals surface area contributed by atoms with Gasteiger partial charge < -0.3 is 9.64 Å². The zero-order chi connectivity index (χ0) is 18.5. The van der Waals surface area contributed by atoms with Gasteiger partial charge in [0, 0.05) is 51.9 Å². The van der Waals surface area contributed by atoms with Gasteiger partial charge in [0.25, 0.3) is 0 Å². The molecule has 6 nitrogen and oxygen atoms in total. The van der Waals surface area contributed by atoms with Crippen molar-refractivity contribution in [3.8, 4) is 5.75 Å². The minimum Gasteiger partial charge on any atom is -0.497 e. The van der Waals surface area contributed by atoms with Crippen molar-refractivity contribution in [1.29, 1.82) is 0 Å². The largest absolute Gasteiger partial charge is 0.497 e. The highest BCUT2D eigenvalue weighted by molar-refractivity contribution is 9.10. The maximum absolute atomic E-state index is 12.4. The fourth-order valence-electron chi connectivity index (χ4n) is 3.16. The number of carbonyl (C=O) groups excluding carboxylic acids is 1. The van der Waals surface area contributed by atoms with E-state index in [1.54, 1.807) is 7.11 Å². The van der Waals surface area contributed by atoms with Gasteiger partial charge in [-0.3, -0.25) is 14.4 Å². The number of ether oxygens (including phenoxy) is 1. The zero-order valence-electron chi connectivity index (χ0n) is 15.3. The monoisotopic (exact) mass is 420 g/mol. The van der Waals surface area contributed by atoms with Crippen LogP contribution in [-0.2, 0) is 17.9 Å². The molecule has 1 fully saturated rings. The van der Waals surface area contributed by atoms with Crippen molar-refractivity contribution >= 4 is 21.8 Å². The topological polar surface area (TPSA) is 50.6 Å². The van der Waals surface area contributed by atoms with Crippen molar-refractivity contribution in [2.75, 3.05) is 33.3 Å². The fourth-order valence-corrected chi connectivity index (χ4v) is 3.48. The summed E-state index contributed by atoms with van der Waals surface area (Å²) in [6, 6.07) is 8.16. The zero-order valence-corrected chi connectivity index (χ0v) is 16.9. The van der Waals surface area contributed by atoms with E-state index in [0.29, 0.717) is 13.0 Å². The number of aryl methyl sites for hydroxylation is 2. The molecule has 0 spiro atoms. The van der Waals surface area contributed by atoms with Crippen LogP contribution in [0.5, 0.6) is 5.75 Å². The predicted octanol–water partition coefficient (Wildman–Crippen LogP) is 2.70. The van der Waals surface area contributed by atoms with Crippen LogP contribution in [0.1, 0.15) is 17.7 Å². The first-order chi connectivity index (χ1) is 12.5. The molecule has 1 amide bonds. The van der Waals surface area contributed by atoms with E-state index >= 15 is 0 Å². The summed E-state index contributed by atoms with van der Waals surface area (Å²) in [4.78, 5) is 16.8. The summed E-state index contributed by atoms with van der Waals surface area (Å²) < 4.78 is 8.10. The minimum absolute atomic E-state index is 0.204. The Morgan fingerprint density at radius 3 is 2.69 bits per heavy atom. The Labute approximate surface area is 162 Å². The number of hydrogen-bond acceptors (Lipinski definition) is 4. The number of carbonyl (C=O) groups is 1. The third-order valence-corrected chi connectivity index (χ3v) is 5.49. The molecule has 0 unspecified atom stereocenters. The molecule has 0 N–H and O–H groups in total. The average molecular weight is 421 g/mol. The maximum atomic E-state index is 12.4. The van der Waals surface area contributed by atoms with Crippen LogP contribution in [0.2, 0.25) is 0 Å². The lowest BCUT2D eigenvalue weighted by molar-refractivity contribution is -0.133. The van der Waals surface area contributed by atoms with Gasteiger partial charge in [-0.15, -0.1) is 0 Å². The van der Waals surface area contributed by atoms with Gasteiger partial charge in [-0.05, 0) is 40.5 Å². The quantitative estimate of drug-likeness (QED) is 0.720. The Morgan fingerprint density at radius 1 is 1.27 bits per heavy atom. The Balaban J connectivity index is 1.44. The Morgan fingerprint density at radius 2 is 2.04 bits per heavy atom. The molecule has 1 saturated heterocycles. The van der Waals surface area contributed by atoms with Crippen molar-refractivity contribution < 1.29 is 9.53 Å². The van der Waals surface area contributed by atoms with Gasteiger partial charge in [0.15, 0.2) is 0 Å². The number of rotatable bonds is 6. The van der Waals surface area contributed by atoms with Crippen LogP contribution in [-0.4, -0.2) is 58.8 Å². The third kappa shape index (κ3) is 4.86. The molecule has 3 rings (SSSR count). The van der Waals surface area contributed by atoms with Gasteiger partial charge >= 0.3 is 0 Å². The molecule has 1 aromatic carbocycles. The molecule has 140 valence electrons. The molecule has 2 aromatic rings. The van der Waals surface area contributed by atoms with Crippen LogP contribution in [0.15, 0.2) is 34.9 Å². The summed E-state index contributed by atoms with van der Waals surface area (Å²) in [6.45, 7) is 6.82. The summed E-state index contributed by atoms with van der Waals surface area (Å²) in [7, 11) is 1.69. The van der Waals surface area contributed by atoms with Gasteiger partial charge in [0.1, 0.15) is 5.75 Å². The molecule has 1 aliphatic rings. The fraction of sp³-hybridized carbons (Fsp3) is 0.474.